The minimum absolute atomic E-state index is 0.0602. The summed E-state index contributed by atoms with van der Waals surface area (Å²) in [6.45, 7) is 0. The number of hydrogen-bond acceptors (Lipinski definition) is 4. The monoisotopic (exact) mass is 387 g/mol. The Hall–Kier alpha value is -1.94. The van der Waals surface area contributed by atoms with E-state index in [1.54, 1.807) is 11.8 Å². The molecule has 0 saturated heterocycles. The van der Waals surface area contributed by atoms with Gasteiger partial charge in [-0.05, 0) is 0 Å². The molecule has 0 fully saturated rings. The summed E-state index contributed by atoms with van der Waals surface area (Å²) in [5, 5.41) is 0. The molecule has 0 spiro atoms. The van der Waals surface area contributed by atoms with Crippen LogP contribution >= 0.6 is 11.8 Å². The van der Waals surface area contributed by atoms with E-state index in [4.69, 9.17) is 4.74 Å². The van der Waals surface area contributed by atoms with Crippen LogP contribution in [0, 0.1) is 0 Å². The van der Waals surface area contributed by atoms with Gasteiger partial charge in [-0.3, -0.25) is 0 Å². The zero-order valence-corrected chi connectivity index (χ0v) is 14.9. The Balaban J connectivity index is 1.87. The topological polar surface area (TPSA) is 29.5 Å². The number of hydrogen-bond donors (Lipinski definition) is 0. The van der Waals surface area contributed by atoms with Crippen molar-refractivity contribution in [2.24, 2.45) is 0 Å². The number of esters is 1. The van der Waals surface area contributed by atoms with Crippen molar-refractivity contribution < 1.29 is 9.53 Å². The predicted molar refractivity (Wildman–Crippen MR) is 93.5 cm³/mol. The van der Waals surface area contributed by atoms with E-state index < -0.39 is 0 Å². The Labute approximate surface area is 144 Å². The summed E-state index contributed by atoms with van der Waals surface area (Å²) < 4.78 is 6.77. The minimum atomic E-state index is -0.232. The third-order valence-corrected chi connectivity index (χ3v) is 6.97. The predicted octanol–water partition coefficient (Wildman–Crippen LogP) is 4.46. The summed E-state index contributed by atoms with van der Waals surface area (Å²) in [6, 6.07) is 20.7. The molecule has 3 aromatic rings. The summed E-state index contributed by atoms with van der Waals surface area (Å²) in [5.41, 5.74) is 2.34. The van der Waals surface area contributed by atoms with Crippen molar-refractivity contribution >= 4 is 48.2 Å². The number of rotatable bonds is 2. The van der Waals surface area contributed by atoms with E-state index in [2.05, 4.69) is 53.4 Å². The number of carbonyl (C=O) groups excluding carboxylic acids is 1. The van der Waals surface area contributed by atoms with Gasteiger partial charge in [0.2, 0.25) is 0 Å². The van der Waals surface area contributed by atoms with Crippen molar-refractivity contribution in [1.29, 1.82) is 0 Å². The Bertz CT molecular complexity index is 844. The second-order valence-electron chi connectivity index (χ2n) is 5.00. The van der Waals surface area contributed by atoms with E-state index >= 15 is 0 Å². The second-order valence-corrected chi connectivity index (χ2v) is 8.31. The standard InChI is InChI=1S/C18H13NO2SSe/c1-21-18(20)16-10-11-17(23-16)19-12-6-2-4-8-14(12)22-15-9-5-3-7-13(15)19/h2-11H,1H3. The van der Waals surface area contributed by atoms with Crippen LogP contribution in [0.4, 0.5) is 15.9 Å². The fraction of sp³-hybridized carbons (Fsp3) is 0.0556. The first-order chi connectivity index (χ1) is 11.3. The third-order valence-electron chi connectivity index (χ3n) is 3.63. The molecule has 0 unspecified atom stereocenters. The fourth-order valence-corrected chi connectivity index (χ4v) is 5.66. The average Bonchev–Trinajstić information content (AvgIpc) is 3.08. The Morgan fingerprint density at radius 3 is 2.17 bits per heavy atom. The first kappa shape index (κ1) is 14.6. The van der Waals surface area contributed by atoms with Crippen LogP contribution in [0.2, 0.25) is 0 Å². The number of benzene rings is 2. The average molecular weight is 386 g/mol. The molecule has 3 nitrogen and oxygen atoms in total. The van der Waals surface area contributed by atoms with E-state index in [1.807, 2.05) is 12.1 Å². The van der Waals surface area contributed by atoms with E-state index in [1.165, 1.54) is 28.3 Å². The summed E-state index contributed by atoms with van der Waals surface area (Å²) in [5.74, 6) is -0.232. The molecule has 0 amide bonds. The van der Waals surface area contributed by atoms with Gasteiger partial charge in [0.25, 0.3) is 0 Å². The molecular formula is C18H13NO2SSe. The summed E-state index contributed by atoms with van der Waals surface area (Å²) in [6.07, 6.45) is 0. The zero-order chi connectivity index (χ0) is 15.8. The van der Waals surface area contributed by atoms with Gasteiger partial charge in [0.1, 0.15) is 0 Å². The van der Waals surface area contributed by atoms with Gasteiger partial charge in [-0.25, -0.2) is 0 Å². The normalized spacial score (nSPS) is 12.5. The van der Waals surface area contributed by atoms with Gasteiger partial charge >= 0.3 is 145 Å². The van der Waals surface area contributed by atoms with Crippen molar-refractivity contribution in [1.82, 2.24) is 0 Å². The Kier molecular flexibility index (Phi) is 3.77. The molecule has 0 aliphatic carbocycles. The van der Waals surface area contributed by atoms with Crippen LogP contribution in [0.1, 0.15) is 9.23 Å². The van der Waals surface area contributed by atoms with E-state index in [9.17, 15) is 4.79 Å². The van der Waals surface area contributed by atoms with Crippen molar-refractivity contribution in [2.45, 2.75) is 9.79 Å². The number of nitrogens with zero attached hydrogens (tertiary/aromatic N) is 1. The number of carbonyl (C=O) groups is 1. The number of anilines is 3. The summed E-state index contributed by atoms with van der Waals surface area (Å²) >= 11 is 1.73. The molecule has 23 heavy (non-hydrogen) atoms. The molecule has 0 radical (unpaired) electrons. The summed E-state index contributed by atoms with van der Waals surface area (Å²) in [4.78, 5) is 16.5. The number of ether oxygens (including phenoxy) is 1. The van der Waals surface area contributed by atoms with E-state index in [-0.39, 0.29) is 20.5 Å². The van der Waals surface area contributed by atoms with Gasteiger partial charge in [0.15, 0.2) is 0 Å². The summed E-state index contributed by atoms with van der Waals surface area (Å²) in [7, 11) is 1.43. The van der Waals surface area contributed by atoms with Gasteiger partial charge in [0, 0.05) is 0 Å². The van der Waals surface area contributed by atoms with Gasteiger partial charge in [-0.2, -0.15) is 0 Å². The van der Waals surface area contributed by atoms with Gasteiger partial charge in [-0.1, -0.05) is 0 Å². The van der Waals surface area contributed by atoms with Crippen LogP contribution in [0.3, 0.4) is 0 Å². The molecule has 4 rings (SSSR count). The molecule has 114 valence electrons. The van der Waals surface area contributed by atoms with Gasteiger partial charge < -0.3 is 0 Å². The molecule has 0 atom stereocenters. The van der Waals surface area contributed by atoms with Crippen LogP contribution in [0.15, 0.2) is 70.5 Å². The molecule has 1 aliphatic rings. The van der Waals surface area contributed by atoms with Crippen molar-refractivity contribution in [3.8, 4) is 0 Å². The number of fused-ring (bicyclic) bond motifs is 2. The molecule has 2 aromatic carbocycles. The van der Waals surface area contributed by atoms with Gasteiger partial charge in [-0.15, -0.1) is 0 Å². The molecule has 2 heterocycles. The fourth-order valence-electron chi connectivity index (χ4n) is 2.60. The zero-order valence-electron chi connectivity index (χ0n) is 12.4. The second kappa shape index (κ2) is 5.93. The molecule has 1 aromatic heterocycles. The van der Waals surface area contributed by atoms with Crippen LogP contribution < -0.4 is 4.90 Å². The van der Waals surface area contributed by atoms with Crippen molar-refractivity contribution in [3.63, 3.8) is 0 Å². The molecule has 0 N–H and O–H groups in total. The molecule has 5 heteroatoms. The Morgan fingerprint density at radius 1 is 0.957 bits per heavy atom. The molecule has 1 aliphatic heterocycles. The Morgan fingerprint density at radius 2 is 1.57 bits per heavy atom. The number of methoxy groups -OCH3 is 1. The van der Waals surface area contributed by atoms with Gasteiger partial charge in [0.05, 0.1) is 0 Å². The van der Waals surface area contributed by atoms with E-state index in [0.29, 0.717) is 0 Å². The SMILES string of the molecule is COC(=O)c1ccc(N2c3ccccc3Sc3ccccc32)[se]1. The third kappa shape index (κ3) is 2.51. The quantitative estimate of drug-likeness (QED) is 0.376. The maximum absolute atomic E-state index is 11.8. The van der Waals surface area contributed by atoms with Crippen molar-refractivity contribution in [3.05, 3.63) is 65.1 Å². The van der Waals surface area contributed by atoms with Crippen LogP contribution in [-0.4, -0.2) is 27.6 Å². The van der Waals surface area contributed by atoms with Crippen molar-refractivity contribution in [2.75, 3.05) is 12.0 Å². The van der Waals surface area contributed by atoms with Crippen LogP contribution in [0.25, 0.3) is 0 Å². The first-order valence-corrected chi connectivity index (χ1v) is 9.65. The van der Waals surface area contributed by atoms with Crippen LogP contribution in [0.5, 0.6) is 0 Å². The first-order valence-electron chi connectivity index (χ1n) is 7.12. The molecule has 0 saturated carbocycles. The molecular weight excluding hydrogens is 373 g/mol. The van der Waals surface area contributed by atoms with E-state index in [0.717, 1.165) is 9.00 Å². The maximum atomic E-state index is 11.8. The molecule has 0 bridgehead atoms. The van der Waals surface area contributed by atoms with Crippen LogP contribution in [-0.2, 0) is 4.74 Å². The number of para-hydroxylation sites is 2.